The molecular formula is C20H19N5O3. The Kier molecular flexibility index (Phi) is 5.11. The summed E-state index contributed by atoms with van der Waals surface area (Å²) in [4.78, 5) is 29.2. The van der Waals surface area contributed by atoms with Gasteiger partial charge >= 0.3 is 0 Å². The molecule has 0 bridgehead atoms. The van der Waals surface area contributed by atoms with E-state index in [0.29, 0.717) is 35.8 Å². The van der Waals surface area contributed by atoms with Gasteiger partial charge in [0, 0.05) is 36.4 Å². The minimum Gasteiger partial charge on any atom is -0.368 e. The molecule has 142 valence electrons. The Labute approximate surface area is 161 Å². The second-order valence-corrected chi connectivity index (χ2v) is 6.35. The first kappa shape index (κ1) is 17.9. The highest BCUT2D eigenvalue weighted by Crippen LogP contribution is 2.19. The molecule has 0 aliphatic carbocycles. The lowest BCUT2D eigenvalue weighted by Gasteiger charge is -2.12. The van der Waals surface area contributed by atoms with Crippen LogP contribution in [-0.2, 0) is 9.53 Å². The SMILES string of the molecule is O=C(Nc1cccnc1-n1cccn1)c1cccc(NC(=O)C2CCCO2)c1. The van der Waals surface area contributed by atoms with Crippen LogP contribution in [0.15, 0.2) is 61.1 Å². The van der Waals surface area contributed by atoms with Gasteiger partial charge in [-0.25, -0.2) is 9.67 Å². The molecule has 8 nitrogen and oxygen atoms in total. The fourth-order valence-corrected chi connectivity index (χ4v) is 3.01. The maximum absolute atomic E-state index is 12.7. The summed E-state index contributed by atoms with van der Waals surface area (Å²) >= 11 is 0. The molecule has 1 atom stereocenters. The summed E-state index contributed by atoms with van der Waals surface area (Å²) < 4.78 is 6.96. The monoisotopic (exact) mass is 377 g/mol. The summed E-state index contributed by atoms with van der Waals surface area (Å²) in [5.74, 6) is 0.0154. The van der Waals surface area contributed by atoms with Gasteiger partial charge in [-0.2, -0.15) is 5.10 Å². The summed E-state index contributed by atoms with van der Waals surface area (Å²) in [7, 11) is 0. The zero-order valence-electron chi connectivity index (χ0n) is 15.0. The van der Waals surface area contributed by atoms with Crippen LogP contribution in [0.25, 0.3) is 5.82 Å². The summed E-state index contributed by atoms with van der Waals surface area (Å²) in [6, 6.07) is 12.0. The number of amides is 2. The molecule has 3 heterocycles. The highest BCUT2D eigenvalue weighted by atomic mass is 16.5. The molecule has 8 heteroatoms. The normalized spacial score (nSPS) is 15.9. The van der Waals surface area contributed by atoms with Crippen molar-refractivity contribution in [3.8, 4) is 5.82 Å². The van der Waals surface area contributed by atoms with Crippen LogP contribution in [0.3, 0.4) is 0 Å². The highest BCUT2D eigenvalue weighted by Gasteiger charge is 2.23. The lowest BCUT2D eigenvalue weighted by atomic mass is 10.1. The molecule has 1 aromatic carbocycles. The van der Waals surface area contributed by atoms with Crippen LogP contribution < -0.4 is 10.6 Å². The Bertz CT molecular complexity index is 981. The molecule has 1 aliphatic heterocycles. The van der Waals surface area contributed by atoms with Gasteiger partial charge in [-0.05, 0) is 49.2 Å². The van der Waals surface area contributed by atoms with E-state index in [1.54, 1.807) is 65.7 Å². The summed E-state index contributed by atoms with van der Waals surface area (Å²) in [5.41, 5.74) is 1.50. The average Bonchev–Trinajstić information content (AvgIpc) is 3.43. The molecule has 2 N–H and O–H groups in total. The number of nitrogens with one attached hydrogen (secondary N) is 2. The molecule has 0 spiro atoms. The number of ether oxygens (including phenoxy) is 1. The van der Waals surface area contributed by atoms with Crippen molar-refractivity contribution in [1.29, 1.82) is 0 Å². The highest BCUT2D eigenvalue weighted by molar-refractivity contribution is 6.06. The topological polar surface area (TPSA) is 98.1 Å². The molecule has 1 aliphatic rings. The molecule has 1 fully saturated rings. The first-order chi connectivity index (χ1) is 13.7. The number of benzene rings is 1. The summed E-state index contributed by atoms with van der Waals surface area (Å²) in [5, 5.41) is 9.81. The van der Waals surface area contributed by atoms with E-state index >= 15 is 0 Å². The van der Waals surface area contributed by atoms with Crippen molar-refractivity contribution in [2.45, 2.75) is 18.9 Å². The molecule has 0 saturated carbocycles. The van der Waals surface area contributed by atoms with Crippen LogP contribution in [0.1, 0.15) is 23.2 Å². The Morgan fingerprint density at radius 2 is 2.04 bits per heavy atom. The van der Waals surface area contributed by atoms with E-state index in [1.165, 1.54) is 0 Å². The summed E-state index contributed by atoms with van der Waals surface area (Å²) in [6.45, 7) is 0.601. The third-order valence-electron chi connectivity index (χ3n) is 4.37. The zero-order chi connectivity index (χ0) is 19.3. The quantitative estimate of drug-likeness (QED) is 0.712. The molecule has 0 radical (unpaired) electrons. The molecule has 2 aromatic heterocycles. The van der Waals surface area contributed by atoms with Crippen LogP contribution in [0.5, 0.6) is 0 Å². The Morgan fingerprint density at radius 1 is 1.11 bits per heavy atom. The van der Waals surface area contributed by atoms with Crippen molar-refractivity contribution >= 4 is 23.2 Å². The first-order valence-electron chi connectivity index (χ1n) is 8.99. The number of rotatable bonds is 5. The van der Waals surface area contributed by atoms with Crippen molar-refractivity contribution in [2.75, 3.05) is 17.2 Å². The Balaban J connectivity index is 1.49. The van der Waals surface area contributed by atoms with E-state index in [9.17, 15) is 9.59 Å². The smallest absolute Gasteiger partial charge is 0.255 e. The maximum atomic E-state index is 12.7. The van der Waals surface area contributed by atoms with E-state index in [0.717, 1.165) is 6.42 Å². The number of carbonyl (C=O) groups excluding carboxylic acids is 2. The van der Waals surface area contributed by atoms with E-state index in [1.807, 2.05) is 0 Å². The molecule has 1 unspecified atom stereocenters. The number of hydrogen-bond donors (Lipinski definition) is 2. The third-order valence-corrected chi connectivity index (χ3v) is 4.37. The number of hydrogen-bond acceptors (Lipinski definition) is 5. The first-order valence-corrected chi connectivity index (χ1v) is 8.99. The minimum absolute atomic E-state index is 0.191. The number of anilines is 2. The van der Waals surface area contributed by atoms with Crippen LogP contribution in [0.4, 0.5) is 11.4 Å². The van der Waals surface area contributed by atoms with E-state index in [4.69, 9.17) is 4.74 Å². The number of pyridine rings is 1. The number of nitrogens with zero attached hydrogens (tertiary/aromatic N) is 3. The predicted molar refractivity (Wildman–Crippen MR) is 103 cm³/mol. The lowest BCUT2D eigenvalue weighted by molar-refractivity contribution is -0.124. The minimum atomic E-state index is -0.426. The molecule has 4 rings (SSSR count). The molecule has 1 saturated heterocycles. The van der Waals surface area contributed by atoms with Crippen molar-refractivity contribution in [3.05, 3.63) is 66.6 Å². The average molecular weight is 377 g/mol. The van der Waals surface area contributed by atoms with Gasteiger partial charge in [-0.3, -0.25) is 9.59 Å². The van der Waals surface area contributed by atoms with Crippen LogP contribution in [-0.4, -0.2) is 39.3 Å². The second-order valence-electron chi connectivity index (χ2n) is 6.35. The third kappa shape index (κ3) is 3.91. The van der Waals surface area contributed by atoms with Gasteiger partial charge in [0.2, 0.25) is 0 Å². The predicted octanol–water partition coefficient (Wildman–Crippen LogP) is 2.64. The maximum Gasteiger partial charge on any atom is 0.255 e. The second kappa shape index (κ2) is 8.01. The fraction of sp³-hybridized carbons (Fsp3) is 0.200. The fourth-order valence-electron chi connectivity index (χ4n) is 3.01. The van der Waals surface area contributed by atoms with Crippen molar-refractivity contribution < 1.29 is 14.3 Å². The Hall–Kier alpha value is -3.52. The lowest BCUT2D eigenvalue weighted by Crippen LogP contribution is -2.27. The largest absolute Gasteiger partial charge is 0.368 e. The standard InChI is InChI=1S/C20H19N5O3/c26-19(24-16-7-2-9-21-18(16)25-11-4-10-22-25)14-5-1-6-15(13-14)23-20(27)17-8-3-12-28-17/h1-2,4-7,9-11,13,17H,3,8,12H2,(H,23,27)(H,24,26). The van der Waals surface area contributed by atoms with Crippen molar-refractivity contribution in [3.63, 3.8) is 0 Å². The zero-order valence-corrected chi connectivity index (χ0v) is 15.0. The van der Waals surface area contributed by atoms with Gasteiger partial charge in [0.05, 0.1) is 5.69 Å². The molecule has 3 aromatic rings. The van der Waals surface area contributed by atoms with Gasteiger partial charge in [0.25, 0.3) is 11.8 Å². The van der Waals surface area contributed by atoms with E-state index < -0.39 is 6.10 Å². The Morgan fingerprint density at radius 3 is 2.82 bits per heavy atom. The van der Waals surface area contributed by atoms with Gasteiger partial charge in [0.15, 0.2) is 5.82 Å². The van der Waals surface area contributed by atoms with Crippen molar-refractivity contribution in [2.24, 2.45) is 0 Å². The van der Waals surface area contributed by atoms with Crippen molar-refractivity contribution in [1.82, 2.24) is 14.8 Å². The molecular weight excluding hydrogens is 358 g/mol. The van der Waals surface area contributed by atoms with Gasteiger partial charge in [0.1, 0.15) is 6.10 Å². The van der Waals surface area contributed by atoms with Gasteiger partial charge in [-0.15, -0.1) is 0 Å². The van der Waals surface area contributed by atoms with Crippen LogP contribution in [0, 0.1) is 0 Å². The van der Waals surface area contributed by atoms with Gasteiger partial charge in [-0.1, -0.05) is 6.07 Å². The van der Waals surface area contributed by atoms with Crippen LogP contribution >= 0.6 is 0 Å². The van der Waals surface area contributed by atoms with E-state index in [-0.39, 0.29) is 11.8 Å². The van der Waals surface area contributed by atoms with Gasteiger partial charge < -0.3 is 15.4 Å². The van der Waals surface area contributed by atoms with Crippen LogP contribution in [0.2, 0.25) is 0 Å². The number of aromatic nitrogens is 3. The van der Waals surface area contributed by atoms with E-state index in [2.05, 4.69) is 20.7 Å². The molecule has 2 amide bonds. The number of carbonyl (C=O) groups is 2. The summed E-state index contributed by atoms with van der Waals surface area (Å²) in [6.07, 6.45) is 6.19. The molecule has 28 heavy (non-hydrogen) atoms.